The Balaban J connectivity index is 1.05. The van der Waals surface area contributed by atoms with Crippen molar-refractivity contribution in [3.63, 3.8) is 0 Å². The summed E-state index contributed by atoms with van der Waals surface area (Å²) in [5.41, 5.74) is 10.1. The molecule has 10 rings (SSSR count). The highest BCUT2D eigenvalue weighted by molar-refractivity contribution is 6.04. The molecule has 4 heterocycles. The van der Waals surface area contributed by atoms with Crippen LogP contribution in [-0.4, -0.2) is 15.0 Å². The van der Waals surface area contributed by atoms with Gasteiger partial charge in [0.15, 0.2) is 0 Å². The highest BCUT2D eigenvalue weighted by Crippen LogP contribution is 2.32. The van der Waals surface area contributed by atoms with Crippen molar-refractivity contribution in [3.8, 4) is 33.8 Å². The number of hydrogen-bond donors (Lipinski definition) is 0. The maximum Gasteiger partial charge on any atom is 0.0972 e. The molecule has 0 amide bonds. The molecule has 0 aliphatic carbocycles. The first-order valence-corrected chi connectivity index (χ1v) is 17.1. The highest BCUT2D eigenvalue weighted by atomic mass is 14.8. The number of rotatable bonds is 4. The molecule has 50 heavy (non-hydrogen) atoms. The van der Waals surface area contributed by atoms with Crippen molar-refractivity contribution in [3.05, 3.63) is 174 Å². The van der Waals surface area contributed by atoms with Gasteiger partial charge in [0, 0.05) is 32.8 Å². The summed E-state index contributed by atoms with van der Waals surface area (Å²) in [6, 6.07) is 55.4. The van der Waals surface area contributed by atoms with Crippen LogP contribution in [0.3, 0.4) is 0 Å². The van der Waals surface area contributed by atoms with Gasteiger partial charge >= 0.3 is 0 Å². The minimum absolute atomic E-state index is 0.0124. The lowest BCUT2D eigenvalue weighted by atomic mass is 9.96. The lowest BCUT2D eigenvalue weighted by Crippen LogP contribution is -2.30. The number of nitrogens with zero attached hydrogens (tertiary/aromatic N) is 4. The first kappa shape index (κ1) is 28.5. The van der Waals surface area contributed by atoms with E-state index in [-0.39, 0.29) is 6.04 Å². The van der Waals surface area contributed by atoms with E-state index in [4.69, 9.17) is 19.9 Å². The third-order valence-corrected chi connectivity index (χ3v) is 9.92. The lowest BCUT2D eigenvalue weighted by Gasteiger charge is -2.16. The molecule has 0 saturated heterocycles. The molecule has 4 heteroatoms. The molecule has 0 bridgehead atoms. The van der Waals surface area contributed by atoms with Gasteiger partial charge < -0.3 is 0 Å². The number of fused-ring (bicyclic) bond motifs is 7. The molecular weight excluding hydrogens is 609 g/mol. The molecule has 6 aromatic carbocycles. The smallest absolute Gasteiger partial charge is 0.0972 e. The number of aromatic nitrogens is 3. The Bertz CT molecular complexity index is 2900. The Morgan fingerprint density at radius 3 is 1.58 bits per heavy atom. The summed E-state index contributed by atoms with van der Waals surface area (Å²) >= 11 is 0. The molecule has 234 valence electrons. The van der Waals surface area contributed by atoms with E-state index in [0.717, 1.165) is 83.5 Å². The van der Waals surface area contributed by atoms with E-state index >= 15 is 0 Å². The maximum atomic E-state index is 5.34. The zero-order valence-corrected chi connectivity index (χ0v) is 27.2. The Hall–Kier alpha value is -6.52. The lowest BCUT2D eigenvalue weighted by molar-refractivity contribution is 0.726. The van der Waals surface area contributed by atoms with Crippen LogP contribution in [0, 0.1) is 0 Å². The van der Waals surface area contributed by atoms with E-state index in [2.05, 4.69) is 140 Å². The molecule has 0 spiro atoms. The minimum Gasteiger partial charge on any atom is -0.274 e. The fourth-order valence-corrected chi connectivity index (χ4v) is 7.25. The molecule has 3 aromatic heterocycles. The van der Waals surface area contributed by atoms with Gasteiger partial charge in [-0.3, -0.25) is 4.99 Å². The number of pyridine rings is 3. The molecule has 1 atom stereocenters. The topological polar surface area (TPSA) is 51.0 Å². The molecule has 1 aliphatic heterocycles. The second-order valence-corrected chi connectivity index (χ2v) is 13.0. The maximum absolute atomic E-state index is 5.34. The van der Waals surface area contributed by atoms with Crippen LogP contribution in [0.5, 0.6) is 0 Å². The van der Waals surface area contributed by atoms with Crippen molar-refractivity contribution in [2.24, 2.45) is 4.99 Å². The van der Waals surface area contributed by atoms with Gasteiger partial charge in [0.25, 0.3) is 0 Å². The average Bonchev–Trinajstić information content (AvgIpc) is 3.20. The van der Waals surface area contributed by atoms with Gasteiger partial charge in [0.05, 0.1) is 45.0 Å². The molecule has 1 aliphatic rings. The Morgan fingerprint density at radius 1 is 0.400 bits per heavy atom. The zero-order chi connectivity index (χ0) is 33.0. The van der Waals surface area contributed by atoms with Crippen LogP contribution in [-0.2, 0) is 0 Å². The van der Waals surface area contributed by atoms with Crippen LogP contribution in [0.15, 0.2) is 163 Å². The molecule has 9 aromatic rings. The average molecular weight is 639 g/mol. The predicted octanol–water partition coefficient (Wildman–Crippen LogP) is 10.0. The number of hydrogen-bond acceptors (Lipinski definition) is 4. The highest BCUT2D eigenvalue weighted by Gasteiger charge is 2.16. The summed E-state index contributed by atoms with van der Waals surface area (Å²) in [6.45, 7) is 0. The van der Waals surface area contributed by atoms with Crippen molar-refractivity contribution >= 4 is 49.6 Å². The van der Waals surface area contributed by atoms with Gasteiger partial charge in [-0.25, -0.2) is 15.0 Å². The first-order valence-electron chi connectivity index (χ1n) is 17.1. The van der Waals surface area contributed by atoms with Gasteiger partial charge in [0.1, 0.15) is 0 Å². The van der Waals surface area contributed by atoms with Crippen molar-refractivity contribution in [1.82, 2.24) is 15.0 Å². The van der Waals surface area contributed by atoms with Gasteiger partial charge in [-0.2, -0.15) is 0 Å². The largest absolute Gasteiger partial charge is 0.274 e. The summed E-state index contributed by atoms with van der Waals surface area (Å²) in [7, 11) is 0. The third-order valence-electron chi connectivity index (χ3n) is 9.92. The van der Waals surface area contributed by atoms with E-state index in [0.29, 0.717) is 0 Å². The van der Waals surface area contributed by atoms with E-state index in [1.165, 1.54) is 16.3 Å². The van der Waals surface area contributed by atoms with Crippen LogP contribution in [0.1, 0.15) is 18.0 Å². The molecule has 4 nitrogen and oxygen atoms in total. The summed E-state index contributed by atoms with van der Waals surface area (Å²) < 4.78 is 0. The Morgan fingerprint density at radius 2 is 0.920 bits per heavy atom. The molecule has 0 saturated carbocycles. The van der Waals surface area contributed by atoms with Gasteiger partial charge in [0.2, 0.25) is 0 Å². The SMILES string of the molecule is C1=c2ccc3ccc(-c4ccccc4)nc3c2=NC(c2ccc3ccc(-c4ccc5ccc6ccc(-c7ccccc7)nc6c5n4)cc3c2)C1. The van der Waals surface area contributed by atoms with Crippen molar-refractivity contribution in [2.75, 3.05) is 0 Å². The van der Waals surface area contributed by atoms with Crippen LogP contribution in [0.25, 0.3) is 83.3 Å². The molecule has 1 unspecified atom stereocenters. The third kappa shape index (κ3) is 4.92. The van der Waals surface area contributed by atoms with Gasteiger partial charge in [-0.15, -0.1) is 0 Å². The Labute approximate surface area is 288 Å². The molecule has 0 fully saturated rings. The zero-order valence-electron chi connectivity index (χ0n) is 27.2. The quantitative estimate of drug-likeness (QED) is 0.180. The fraction of sp³-hybridized carbons (Fsp3) is 0.0435. The predicted molar refractivity (Wildman–Crippen MR) is 205 cm³/mol. The van der Waals surface area contributed by atoms with Crippen molar-refractivity contribution in [1.29, 1.82) is 0 Å². The minimum atomic E-state index is 0.0124. The Kier molecular flexibility index (Phi) is 6.59. The van der Waals surface area contributed by atoms with Crippen LogP contribution in [0.4, 0.5) is 0 Å². The van der Waals surface area contributed by atoms with Crippen molar-refractivity contribution < 1.29 is 0 Å². The standard InChI is InChI=1S/C46H30N4/c1-3-7-30(8-4-1)39-23-19-32-13-15-34-21-25-41(49-45(34)43(32)47-39)36-17-11-29-12-18-37(28-38(29)27-36)42-26-22-35-16-14-33-20-24-40(31-9-5-2-6-10-31)48-44(33)46(35)50-42/h1-25,27-28,42H,26H2. The van der Waals surface area contributed by atoms with E-state index < -0.39 is 0 Å². The summed E-state index contributed by atoms with van der Waals surface area (Å²) in [5, 5.41) is 7.75. The summed E-state index contributed by atoms with van der Waals surface area (Å²) in [6.07, 6.45) is 3.16. The molecule has 0 radical (unpaired) electrons. The van der Waals surface area contributed by atoms with E-state index in [1.807, 2.05) is 24.3 Å². The summed E-state index contributed by atoms with van der Waals surface area (Å²) in [4.78, 5) is 20.8. The molecular formula is C46H30N4. The van der Waals surface area contributed by atoms with E-state index in [9.17, 15) is 0 Å². The van der Waals surface area contributed by atoms with Gasteiger partial charge in [-0.05, 0) is 58.3 Å². The van der Waals surface area contributed by atoms with Gasteiger partial charge in [-0.1, -0.05) is 133 Å². The van der Waals surface area contributed by atoms with Crippen LogP contribution >= 0.6 is 0 Å². The summed E-state index contributed by atoms with van der Waals surface area (Å²) in [5.74, 6) is 0. The fourth-order valence-electron chi connectivity index (χ4n) is 7.25. The second-order valence-electron chi connectivity index (χ2n) is 13.0. The van der Waals surface area contributed by atoms with Crippen molar-refractivity contribution in [2.45, 2.75) is 12.5 Å². The normalized spacial score (nSPS) is 14.0. The monoisotopic (exact) mass is 638 g/mol. The van der Waals surface area contributed by atoms with Crippen LogP contribution < -0.4 is 10.6 Å². The second kappa shape index (κ2) is 11.6. The number of benzene rings is 6. The van der Waals surface area contributed by atoms with Crippen LogP contribution in [0.2, 0.25) is 0 Å². The first-order chi connectivity index (χ1) is 24.7. The molecule has 0 N–H and O–H groups in total. The van der Waals surface area contributed by atoms with E-state index in [1.54, 1.807) is 0 Å².